The van der Waals surface area contributed by atoms with Crippen LogP contribution in [0.25, 0.3) is 0 Å². The van der Waals surface area contributed by atoms with Gasteiger partial charge in [0.05, 0.1) is 6.61 Å². The SMILES string of the molecule is c1ccc2c(c1)OCC2CN1CCC1. The average Bonchev–Trinajstić information content (AvgIpc) is 2.55. The van der Waals surface area contributed by atoms with Crippen molar-refractivity contribution in [3.05, 3.63) is 29.8 Å². The second kappa shape index (κ2) is 3.28. The second-order valence-electron chi connectivity index (χ2n) is 4.20. The summed E-state index contributed by atoms with van der Waals surface area (Å²) in [4.78, 5) is 2.51. The van der Waals surface area contributed by atoms with Crippen molar-refractivity contribution in [1.82, 2.24) is 4.90 Å². The minimum absolute atomic E-state index is 0.603. The number of fused-ring (bicyclic) bond motifs is 1. The van der Waals surface area contributed by atoms with E-state index in [1.165, 1.54) is 31.6 Å². The summed E-state index contributed by atoms with van der Waals surface area (Å²) in [6.45, 7) is 4.60. The molecule has 0 N–H and O–H groups in total. The molecule has 0 amide bonds. The molecule has 1 fully saturated rings. The van der Waals surface area contributed by atoms with E-state index < -0.39 is 0 Å². The summed E-state index contributed by atoms with van der Waals surface area (Å²) in [5.74, 6) is 1.70. The van der Waals surface area contributed by atoms with Crippen LogP contribution in [0.15, 0.2) is 24.3 Å². The molecule has 14 heavy (non-hydrogen) atoms. The second-order valence-corrected chi connectivity index (χ2v) is 4.20. The minimum Gasteiger partial charge on any atom is -0.493 e. The van der Waals surface area contributed by atoms with Crippen LogP contribution in [0.3, 0.4) is 0 Å². The Balaban J connectivity index is 1.76. The molecule has 1 saturated heterocycles. The normalized spacial score (nSPS) is 25.3. The van der Waals surface area contributed by atoms with Crippen LogP contribution in [0.4, 0.5) is 0 Å². The zero-order chi connectivity index (χ0) is 9.38. The molecule has 1 aromatic carbocycles. The summed E-state index contributed by atoms with van der Waals surface area (Å²) in [6, 6.07) is 8.43. The van der Waals surface area contributed by atoms with Gasteiger partial charge in [-0.2, -0.15) is 0 Å². The molecule has 1 unspecified atom stereocenters. The fourth-order valence-electron chi connectivity index (χ4n) is 2.26. The van der Waals surface area contributed by atoms with Crippen molar-refractivity contribution in [1.29, 1.82) is 0 Å². The molecule has 2 heterocycles. The number of hydrogen-bond acceptors (Lipinski definition) is 2. The van der Waals surface area contributed by atoms with Gasteiger partial charge in [-0.1, -0.05) is 18.2 Å². The maximum Gasteiger partial charge on any atom is 0.122 e. The molecule has 0 aromatic heterocycles. The van der Waals surface area contributed by atoms with Crippen molar-refractivity contribution < 1.29 is 4.74 Å². The van der Waals surface area contributed by atoms with Gasteiger partial charge in [-0.25, -0.2) is 0 Å². The van der Waals surface area contributed by atoms with Crippen molar-refractivity contribution in [2.45, 2.75) is 12.3 Å². The lowest BCUT2D eigenvalue weighted by atomic mass is 9.99. The van der Waals surface area contributed by atoms with Gasteiger partial charge in [0.25, 0.3) is 0 Å². The molecule has 0 bridgehead atoms. The van der Waals surface area contributed by atoms with Gasteiger partial charge in [-0.3, -0.25) is 0 Å². The van der Waals surface area contributed by atoms with Crippen LogP contribution in [0.1, 0.15) is 17.9 Å². The smallest absolute Gasteiger partial charge is 0.122 e. The highest BCUT2D eigenvalue weighted by Crippen LogP contribution is 2.34. The van der Waals surface area contributed by atoms with Gasteiger partial charge in [-0.15, -0.1) is 0 Å². The van der Waals surface area contributed by atoms with E-state index >= 15 is 0 Å². The van der Waals surface area contributed by atoms with Gasteiger partial charge in [0.15, 0.2) is 0 Å². The molecule has 0 spiro atoms. The summed E-state index contributed by atoms with van der Waals surface area (Å²) in [5, 5.41) is 0. The van der Waals surface area contributed by atoms with Crippen molar-refractivity contribution in [2.24, 2.45) is 0 Å². The lowest BCUT2D eigenvalue weighted by Gasteiger charge is -2.32. The topological polar surface area (TPSA) is 12.5 Å². The lowest BCUT2D eigenvalue weighted by molar-refractivity contribution is 0.161. The molecule has 1 atom stereocenters. The third-order valence-corrected chi connectivity index (χ3v) is 3.23. The van der Waals surface area contributed by atoms with Gasteiger partial charge in [0, 0.05) is 18.0 Å². The van der Waals surface area contributed by atoms with Gasteiger partial charge in [0.1, 0.15) is 5.75 Å². The third-order valence-electron chi connectivity index (χ3n) is 3.23. The molecule has 2 aliphatic rings. The number of rotatable bonds is 2. The number of nitrogens with zero attached hydrogens (tertiary/aromatic N) is 1. The van der Waals surface area contributed by atoms with E-state index in [0.29, 0.717) is 5.92 Å². The van der Waals surface area contributed by atoms with Crippen LogP contribution in [0, 0.1) is 0 Å². The lowest BCUT2D eigenvalue weighted by Crippen LogP contribution is -2.40. The standard InChI is InChI=1S/C12H15NO/c1-2-5-12-11(4-1)10(9-14-12)8-13-6-3-7-13/h1-2,4-5,10H,3,6-9H2. The highest BCUT2D eigenvalue weighted by Gasteiger charge is 2.27. The first-order chi connectivity index (χ1) is 6.93. The Morgan fingerprint density at radius 1 is 1.29 bits per heavy atom. The van der Waals surface area contributed by atoms with Gasteiger partial charge < -0.3 is 9.64 Å². The summed E-state index contributed by atoms with van der Waals surface area (Å²) >= 11 is 0. The molecule has 2 nitrogen and oxygen atoms in total. The molecular weight excluding hydrogens is 174 g/mol. The van der Waals surface area contributed by atoms with E-state index in [1.807, 2.05) is 6.07 Å². The third kappa shape index (κ3) is 1.30. The Labute approximate surface area is 84.5 Å². The van der Waals surface area contributed by atoms with Crippen LogP contribution in [0.2, 0.25) is 0 Å². The maximum atomic E-state index is 5.65. The Kier molecular flexibility index (Phi) is 1.95. The predicted molar refractivity (Wildman–Crippen MR) is 55.7 cm³/mol. The Morgan fingerprint density at radius 2 is 2.14 bits per heavy atom. The Bertz CT molecular complexity index is 333. The van der Waals surface area contributed by atoms with Crippen LogP contribution in [0.5, 0.6) is 5.75 Å². The van der Waals surface area contributed by atoms with Crippen LogP contribution >= 0.6 is 0 Å². The number of hydrogen-bond donors (Lipinski definition) is 0. The first-order valence-corrected chi connectivity index (χ1v) is 5.37. The van der Waals surface area contributed by atoms with Crippen molar-refractivity contribution in [2.75, 3.05) is 26.2 Å². The fraction of sp³-hybridized carbons (Fsp3) is 0.500. The maximum absolute atomic E-state index is 5.65. The molecule has 0 radical (unpaired) electrons. The van der Waals surface area contributed by atoms with Crippen molar-refractivity contribution in [3.8, 4) is 5.75 Å². The minimum atomic E-state index is 0.603. The van der Waals surface area contributed by atoms with E-state index in [1.54, 1.807) is 0 Å². The Morgan fingerprint density at radius 3 is 2.93 bits per heavy atom. The number of ether oxygens (including phenoxy) is 1. The largest absolute Gasteiger partial charge is 0.493 e. The Hall–Kier alpha value is -1.02. The number of benzene rings is 1. The molecule has 2 aliphatic heterocycles. The molecule has 0 saturated carbocycles. The predicted octanol–water partition coefficient (Wildman–Crippen LogP) is 1.87. The molecule has 74 valence electrons. The molecule has 2 heteroatoms. The van der Waals surface area contributed by atoms with E-state index in [0.717, 1.165) is 12.4 Å². The quantitative estimate of drug-likeness (QED) is 0.704. The zero-order valence-corrected chi connectivity index (χ0v) is 8.28. The van der Waals surface area contributed by atoms with E-state index in [-0.39, 0.29) is 0 Å². The summed E-state index contributed by atoms with van der Waals surface area (Å²) < 4.78 is 5.65. The highest BCUT2D eigenvalue weighted by atomic mass is 16.5. The molecular formula is C12H15NO. The highest BCUT2D eigenvalue weighted by molar-refractivity contribution is 5.39. The average molecular weight is 189 g/mol. The van der Waals surface area contributed by atoms with Crippen LogP contribution < -0.4 is 4.74 Å². The van der Waals surface area contributed by atoms with Crippen molar-refractivity contribution >= 4 is 0 Å². The first kappa shape index (κ1) is 8.30. The molecule has 1 aromatic rings. The summed E-state index contributed by atoms with van der Waals surface area (Å²) in [5.41, 5.74) is 1.40. The van der Waals surface area contributed by atoms with E-state index in [2.05, 4.69) is 23.1 Å². The van der Waals surface area contributed by atoms with Crippen LogP contribution in [-0.2, 0) is 0 Å². The number of para-hydroxylation sites is 1. The van der Waals surface area contributed by atoms with Gasteiger partial charge >= 0.3 is 0 Å². The molecule has 0 aliphatic carbocycles. The van der Waals surface area contributed by atoms with Gasteiger partial charge in [-0.05, 0) is 25.6 Å². The monoisotopic (exact) mass is 189 g/mol. The van der Waals surface area contributed by atoms with Crippen LogP contribution in [-0.4, -0.2) is 31.1 Å². The molecule has 3 rings (SSSR count). The van der Waals surface area contributed by atoms with E-state index in [4.69, 9.17) is 4.74 Å². The van der Waals surface area contributed by atoms with E-state index in [9.17, 15) is 0 Å². The zero-order valence-electron chi connectivity index (χ0n) is 8.28. The summed E-state index contributed by atoms with van der Waals surface area (Å²) in [7, 11) is 0. The van der Waals surface area contributed by atoms with Gasteiger partial charge in [0.2, 0.25) is 0 Å². The fourth-order valence-corrected chi connectivity index (χ4v) is 2.26. The first-order valence-electron chi connectivity index (χ1n) is 5.37. The summed E-state index contributed by atoms with van der Waals surface area (Å²) in [6.07, 6.45) is 1.37. The van der Waals surface area contributed by atoms with Crippen molar-refractivity contribution in [3.63, 3.8) is 0 Å². The number of likely N-dealkylation sites (tertiary alicyclic amines) is 1.